The molecule has 0 bridgehead atoms. The first-order valence-corrected chi connectivity index (χ1v) is 8.15. The summed E-state index contributed by atoms with van der Waals surface area (Å²) in [6.45, 7) is 2.47. The molecule has 0 aromatic heterocycles. The molecule has 0 radical (unpaired) electrons. The smallest absolute Gasteiger partial charge is 0.253 e. The molecule has 1 fully saturated rings. The Labute approximate surface area is 153 Å². The minimum atomic E-state index is -0.415. The van der Waals surface area contributed by atoms with E-state index in [0.717, 1.165) is 29.2 Å². The second kappa shape index (κ2) is 8.85. The summed E-state index contributed by atoms with van der Waals surface area (Å²) in [5, 5.41) is 2.87. The maximum Gasteiger partial charge on any atom is 0.253 e. The Morgan fingerprint density at radius 1 is 1.20 bits per heavy atom. The van der Waals surface area contributed by atoms with Gasteiger partial charge in [-0.25, -0.2) is 0 Å². The largest absolute Gasteiger partial charge is 0.457 e. The average molecular weight is 363 g/mol. The number of carbonyl (C=O) groups is 1. The van der Waals surface area contributed by atoms with Crippen molar-refractivity contribution in [1.82, 2.24) is 0 Å². The lowest BCUT2D eigenvalue weighted by atomic mass is 10.2. The first-order chi connectivity index (χ1) is 11.6. The van der Waals surface area contributed by atoms with Gasteiger partial charge in [0, 0.05) is 12.2 Å². The summed E-state index contributed by atoms with van der Waals surface area (Å²) < 4.78 is 11.4. The Morgan fingerprint density at radius 3 is 2.60 bits per heavy atom. The zero-order valence-corrected chi connectivity index (χ0v) is 14.9. The number of halogens is 1. The van der Waals surface area contributed by atoms with Crippen molar-refractivity contribution in [2.24, 2.45) is 5.73 Å². The number of carbonyl (C=O) groups excluding carboxylic acids is 1. The van der Waals surface area contributed by atoms with Crippen LogP contribution in [0.2, 0.25) is 0 Å². The van der Waals surface area contributed by atoms with Crippen molar-refractivity contribution >= 4 is 24.0 Å². The van der Waals surface area contributed by atoms with E-state index in [1.165, 1.54) is 0 Å². The summed E-state index contributed by atoms with van der Waals surface area (Å²) in [6.07, 6.45) is 1.12. The van der Waals surface area contributed by atoms with Gasteiger partial charge in [-0.2, -0.15) is 0 Å². The molecular weight excluding hydrogens is 340 g/mol. The third kappa shape index (κ3) is 5.19. The van der Waals surface area contributed by atoms with Crippen LogP contribution in [0.15, 0.2) is 48.5 Å². The summed E-state index contributed by atoms with van der Waals surface area (Å²) >= 11 is 0. The van der Waals surface area contributed by atoms with E-state index in [1.54, 1.807) is 0 Å². The van der Waals surface area contributed by atoms with E-state index in [1.807, 2.05) is 55.5 Å². The lowest BCUT2D eigenvalue weighted by Gasteiger charge is -2.13. The lowest BCUT2D eigenvalue weighted by molar-refractivity contribution is -0.126. The lowest BCUT2D eigenvalue weighted by Crippen LogP contribution is -2.29. The van der Waals surface area contributed by atoms with Gasteiger partial charge in [-0.1, -0.05) is 12.1 Å². The van der Waals surface area contributed by atoms with Gasteiger partial charge in [-0.15, -0.1) is 12.4 Å². The van der Waals surface area contributed by atoms with E-state index in [0.29, 0.717) is 13.0 Å². The standard InChI is InChI=1S/C19H22N2O3.ClH/c1-13-3-2-4-16(11-13)23-15-7-5-14(6-8-15)21-19(22)18-10-9-17(12-20)24-18;/h2-8,11,17-18H,9-10,12,20H2,1H3,(H,21,22);1H/t17-,18+;/m1./s1. The first-order valence-electron chi connectivity index (χ1n) is 8.15. The van der Waals surface area contributed by atoms with Crippen LogP contribution in [0.25, 0.3) is 0 Å². The van der Waals surface area contributed by atoms with Crippen LogP contribution in [0.1, 0.15) is 18.4 Å². The molecule has 3 N–H and O–H groups in total. The van der Waals surface area contributed by atoms with Crippen LogP contribution in [0.5, 0.6) is 11.5 Å². The van der Waals surface area contributed by atoms with Gasteiger partial charge in [-0.05, 0) is 61.7 Å². The van der Waals surface area contributed by atoms with Crippen molar-refractivity contribution in [1.29, 1.82) is 0 Å². The fourth-order valence-electron chi connectivity index (χ4n) is 2.72. The molecular formula is C19H23ClN2O3. The molecule has 2 atom stereocenters. The van der Waals surface area contributed by atoms with Gasteiger partial charge in [-0.3, -0.25) is 4.79 Å². The van der Waals surface area contributed by atoms with Crippen molar-refractivity contribution in [3.63, 3.8) is 0 Å². The predicted octanol–water partition coefficient (Wildman–Crippen LogP) is 3.65. The number of hydrogen-bond acceptors (Lipinski definition) is 4. The average Bonchev–Trinajstić information content (AvgIpc) is 3.06. The highest BCUT2D eigenvalue weighted by atomic mass is 35.5. The van der Waals surface area contributed by atoms with Crippen LogP contribution in [0.4, 0.5) is 5.69 Å². The monoisotopic (exact) mass is 362 g/mol. The molecule has 1 amide bonds. The maximum atomic E-state index is 12.2. The second-order valence-corrected chi connectivity index (χ2v) is 5.99. The van der Waals surface area contributed by atoms with Crippen LogP contribution in [0, 0.1) is 6.92 Å². The number of benzene rings is 2. The SMILES string of the molecule is Cc1cccc(Oc2ccc(NC(=O)[C@@H]3CC[C@H](CN)O3)cc2)c1.Cl. The maximum absolute atomic E-state index is 12.2. The highest BCUT2D eigenvalue weighted by molar-refractivity contribution is 5.94. The fourth-order valence-corrected chi connectivity index (χ4v) is 2.72. The number of rotatable bonds is 5. The quantitative estimate of drug-likeness (QED) is 0.851. The molecule has 5 nitrogen and oxygen atoms in total. The van der Waals surface area contributed by atoms with E-state index < -0.39 is 6.10 Å². The molecule has 25 heavy (non-hydrogen) atoms. The van der Waals surface area contributed by atoms with Crippen molar-refractivity contribution in [3.05, 3.63) is 54.1 Å². The number of nitrogens with two attached hydrogens (primary N) is 1. The van der Waals surface area contributed by atoms with Gasteiger partial charge in [0.1, 0.15) is 17.6 Å². The summed E-state index contributed by atoms with van der Waals surface area (Å²) in [5.41, 5.74) is 7.43. The van der Waals surface area contributed by atoms with Gasteiger partial charge >= 0.3 is 0 Å². The third-order valence-corrected chi connectivity index (χ3v) is 4.01. The van der Waals surface area contributed by atoms with Crippen LogP contribution in [-0.2, 0) is 9.53 Å². The molecule has 1 aliphatic heterocycles. The Kier molecular flexibility index (Phi) is 6.82. The van der Waals surface area contributed by atoms with E-state index >= 15 is 0 Å². The highest BCUT2D eigenvalue weighted by Gasteiger charge is 2.29. The Balaban J connectivity index is 0.00000225. The van der Waals surface area contributed by atoms with E-state index in [2.05, 4.69) is 5.32 Å². The van der Waals surface area contributed by atoms with Gasteiger partial charge < -0.3 is 20.5 Å². The normalized spacial score (nSPS) is 19.1. The molecule has 2 aromatic carbocycles. The zero-order valence-electron chi connectivity index (χ0n) is 14.1. The van der Waals surface area contributed by atoms with Gasteiger partial charge in [0.25, 0.3) is 5.91 Å². The van der Waals surface area contributed by atoms with Crippen LogP contribution in [-0.4, -0.2) is 24.7 Å². The minimum Gasteiger partial charge on any atom is -0.457 e. The molecule has 0 saturated carbocycles. The van der Waals surface area contributed by atoms with E-state index in [9.17, 15) is 4.79 Å². The molecule has 0 aliphatic carbocycles. The second-order valence-electron chi connectivity index (χ2n) is 5.99. The Hall–Kier alpha value is -2.08. The summed E-state index contributed by atoms with van der Waals surface area (Å²) in [6, 6.07) is 15.2. The number of nitrogens with one attached hydrogen (secondary N) is 1. The molecule has 1 aliphatic rings. The molecule has 134 valence electrons. The highest BCUT2D eigenvalue weighted by Crippen LogP contribution is 2.25. The van der Waals surface area contributed by atoms with E-state index in [4.69, 9.17) is 15.2 Å². The Bertz CT molecular complexity index is 706. The van der Waals surface area contributed by atoms with Gasteiger partial charge in [0.2, 0.25) is 0 Å². The van der Waals surface area contributed by atoms with Crippen molar-refractivity contribution in [3.8, 4) is 11.5 Å². The summed E-state index contributed by atoms with van der Waals surface area (Å²) in [5.74, 6) is 1.39. The summed E-state index contributed by atoms with van der Waals surface area (Å²) in [4.78, 5) is 12.2. The number of amides is 1. The molecule has 6 heteroatoms. The Morgan fingerprint density at radius 2 is 1.96 bits per heavy atom. The predicted molar refractivity (Wildman–Crippen MR) is 101 cm³/mol. The van der Waals surface area contributed by atoms with Crippen LogP contribution >= 0.6 is 12.4 Å². The fraction of sp³-hybridized carbons (Fsp3) is 0.316. The van der Waals surface area contributed by atoms with Crippen LogP contribution < -0.4 is 15.8 Å². The molecule has 0 unspecified atom stereocenters. The first kappa shape index (κ1) is 19.2. The van der Waals surface area contributed by atoms with Gasteiger partial charge in [0.15, 0.2) is 0 Å². The zero-order chi connectivity index (χ0) is 16.9. The van der Waals surface area contributed by atoms with Crippen LogP contribution in [0.3, 0.4) is 0 Å². The van der Waals surface area contributed by atoms with Crippen molar-refractivity contribution in [2.75, 3.05) is 11.9 Å². The molecule has 3 rings (SSSR count). The number of ether oxygens (including phenoxy) is 2. The van der Waals surface area contributed by atoms with E-state index in [-0.39, 0.29) is 24.4 Å². The minimum absolute atomic E-state index is 0. The molecule has 2 aromatic rings. The topological polar surface area (TPSA) is 73.6 Å². The molecule has 1 heterocycles. The number of hydrogen-bond donors (Lipinski definition) is 2. The third-order valence-electron chi connectivity index (χ3n) is 4.01. The van der Waals surface area contributed by atoms with Crippen molar-refractivity contribution < 1.29 is 14.3 Å². The number of anilines is 1. The molecule has 1 saturated heterocycles. The molecule has 0 spiro atoms. The van der Waals surface area contributed by atoms with Crippen molar-refractivity contribution in [2.45, 2.75) is 32.0 Å². The summed E-state index contributed by atoms with van der Waals surface area (Å²) in [7, 11) is 0. The van der Waals surface area contributed by atoms with Gasteiger partial charge in [0.05, 0.1) is 6.10 Å². The number of aryl methyl sites for hydroxylation is 1.